The number of halogens is 4. The van der Waals surface area contributed by atoms with Crippen LogP contribution in [0.4, 0.5) is 23.7 Å². The van der Waals surface area contributed by atoms with Crippen molar-refractivity contribution in [3.63, 3.8) is 0 Å². The lowest BCUT2D eigenvalue weighted by atomic mass is 10.0. The van der Waals surface area contributed by atoms with Gasteiger partial charge in [0.15, 0.2) is 5.96 Å². The van der Waals surface area contributed by atoms with Crippen LogP contribution < -0.4 is 16.0 Å². The van der Waals surface area contributed by atoms with E-state index in [0.29, 0.717) is 6.54 Å². The summed E-state index contributed by atoms with van der Waals surface area (Å²) in [5, 5.41) is 8.42. The molecule has 1 fully saturated rings. The van der Waals surface area contributed by atoms with Crippen molar-refractivity contribution in [2.45, 2.75) is 12.8 Å². The summed E-state index contributed by atoms with van der Waals surface area (Å²) in [6.45, 7) is 4.13. The van der Waals surface area contributed by atoms with Crippen LogP contribution in [-0.4, -0.2) is 49.7 Å². The number of anilines is 1. The van der Waals surface area contributed by atoms with E-state index in [1.54, 1.807) is 6.07 Å². The largest absolute Gasteiger partial charge is 0.444 e. The zero-order valence-corrected chi connectivity index (χ0v) is 18.8. The molecule has 0 bridgehead atoms. The van der Waals surface area contributed by atoms with E-state index in [1.165, 1.54) is 6.07 Å². The van der Waals surface area contributed by atoms with Gasteiger partial charge in [0.2, 0.25) is 0 Å². The number of nitrogens with zero attached hydrogens (tertiary/aromatic N) is 2. The molecule has 2 aliphatic heterocycles. The number of benzene rings is 2. The molecule has 0 aliphatic carbocycles. The Morgan fingerprint density at radius 1 is 1.18 bits per heavy atom. The van der Waals surface area contributed by atoms with Crippen molar-refractivity contribution < 1.29 is 22.7 Å². The molecule has 0 radical (unpaired) electrons. The second kappa shape index (κ2) is 10.4. The number of piperazine rings is 1. The van der Waals surface area contributed by atoms with Crippen molar-refractivity contribution in [1.29, 1.82) is 0 Å². The number of carbonyl (C=O) groups excluding carboxylic acids is 1. The summed E-state index contributed by atoms with van der Waals surface area (Å²) in [5.74, 6) is 0.859. The molecule has 11 heteroatoms. The first-order valence-corrected chi connectivity index (χ1v) is 11.0. The van der Waals surface area contributed by atoms with Gasteiger partial charge in [0.25, 0.3) is 0 Å². The van der Waals surface area contributed by atoms with Gasteiger partial charge in [0, 0.05) is 38.1 Å². The molecular weight excluding hydrogens is 471 g/mol. The van der Waals surface area contributed by atoms with Gasteiger partial charge in [-0.3, -0.25) is 5.32 Å². The van der Waals surface area contributed by atoms with Crippen molar-refractivity contribution >= 4 is 34.9 Å². The normalized spacial score (nSPS) is 16.3. The van der Waals surface area contributed by atoms with Crippen molar-refractivity contribution in [2.24, 2.45) is 4.99 Å². The SMILES string of the molecule is O=C(Nc1ccc(Cl)c(C(F)(F)F)c1)OCc1cccc(C2=CNC(N3CCNCC3)=NC2)c1. The van der Waals surface area contributed by atoms with Crippen molar-refractivity contribution in [3.05, 3.63) is 70.4 Å². The van der Waals surface area contributed by atoms with Crippen molar-refractivity contribution in [2.75, 3.05) is 38.0 Å². The molecule has 1 saturated heterocycles. The molecule has 2 aliphatic rings. The molecule has 2 aromatic rings. The number of aliphatic imine (C=N–C) groups is 1. The fourth-order valence-corrected chi connectivity index (χ4v) is 3.85. The van der Waals surface area contributed by atoms with E-state index < -0.39 is 22.9 Å². The van der Waals surface area contributed by atoms with E-state index in [1.807, 2.05) is 24.4 Å². The molecule has 7 nitrogen and oxygen atoms in total. The Hall–Kier alpha value is -3.24. The molecule has 0 aromatic heterocycles. The first-order valence-electron chi connectivity index (χ1n) is 10.6. The predicted molar refractivity (Wildman–Crippen MR) is 125 cm³/mol. The number of guanidine groups is 1. The molecule has 3 N–H and O–H groups in total. The summed E-state index contributed by atoms with van der Waals surface area (Å²) >= 11 is 5.60. The molecule has 0 saturated carbocycles. The number of ether oxygens (including phenoxy) is 1. The van der Waals surface area contributed by atoms with Crippen LogP contribution in [0.2, 0.25) is 5.02 Å². The van der Waals surface area contributed by atoms with E-state index in [0.717, 1.165) is 61.0 Å². The molecule has 2 aromatic carbocycles. The van der Waals surface area contributed by atoms with E-state index in [-0.39, 0.29) is 12.3 Å². The van der Waals surface area contributed by atoms with E-state index >= 15 is 0 Å². The maximum Gasteiger partial charge on any atom is 0.417 e. The molecule has 180 valence electrons. The Kier molecular flexibility index (Phi) is 7.28. The van der Waals surface area contributed by atoms with Crippen LogP contribution in [0.25, 0.3) is 5.57 Å². The lowest BCUT2D eigenvalue weighted by Crippen LogP contribution is -2.50. The number of hydrogen-bond acceptors (Lipinski definition) is 6. The summed E-state index contributed by atoms with van der Waals surface area (Å²) in [6.07, 6.45) is -3.57. The monoisotopic (exact) mass is 493 g/mol. The van der Waals surface area contributed by atoms with Gasteiger partial charge in [-0.2, -0.15) is 13.2 Å². The summed E-state index contributed by atoms with van der Waals surface area (Å²) in [6, 6.07) is 10.6. The Labute approximate surface area is 199 Å². The number of alkyl halides is 3. The van der Waals surface area contributed by atoms with Gasteiger partial charge in [0.05, 0.1) is 17.1 Å². The third-order valence-electron chi connectivity index (χ3n) is 5.38. The summed E-state index contributed by atoms with van der Waals surface area (Å²) in [5.41, 5.74) is 1.57. The average molecular weight is 494 g/mol. The average Bonchev–Trinajstić information content (AvgIpc) is 2.84. The van der Waals surface area contributed by atoms with E-state index in [4.69, 9.17) is 16.3 Å². The molecule has 0 spiro atoms. The second-order valence-corrected chi connectivity index (χ2v) is 8.19. The molecule has 2 heterocycles. The van der Waals surface area contributed by atoms with Gasteiger partial charge >= 0.3 is 12.3 Å². The molecule has 34 heavy (non-hydrogen) atoms. The Balaban J connectivity index is 1.33. The second-order valence-electron chi connectivity index (χ2n) is 7.78. The van der Waals surface area contributed by atoms with Crippen LogP contribution >= 0.6 is 11.6 Å². The number of hydrogen-bond donors (Lipinski definition) is 3. The van der Waals surface area contributed by atoms with Crippen molar-refractivity contribution in [1.82, 2.24) is 15.5 Å². The third kappa shape index (κ3) is 6.00. The quantitative estimate of drug-likeness (QED) is 0.591. The zero-order valence-electron chi connectivity index (χ0n) is 18.1. The van der Waals surface area contributed by atoms with Crippen LogP contribution in [-0.2, 0) is 17.5 Å². The van der Waals surface area contributed by atoms with Gasteiger partial charge in [-0.05, 0) is 41.0 Å². The highest BCUT2D eigenvalue weighted by Crippen LogP contribution is 2.36. The first-order chi connectivity index (χ1) is 16.3. The Morgan fingerprint density at radius 3 is 2.68 bits per heavy atom. The van der Waals surface area contributed by atoms with Crippen LogP contribution in [0.5, 0.6) is 0 Å². The number of nitrogens with one attached hydrogen (secondary N) is 3. The number of carbonyl (C=O) groups is 1. The van der Waals surface area contributed by atoms with Crippen LogP contribution in [0.1, 0.15) is 16.7 Å². The van der Waals surface area contributed by atoms with Crippen LogP contribution in [0.15, 0.2) is 53.7 Å². The highest BCUT2D eigenvalue weighted by Gasteiger charge is 2.33. The summed E-state index contributed by atoms with van der Waals surface area (Å²) < 4.78 is 44.2. The van der Waals surface area contributed by atoms with Gasteiger partial charge in [0.1, 0.15) is 6.61 Å². The van der Waals surface area contributed by atoms with Crippen LogP contribution in [0, 0.1) is 0 Å². The lowest BCUT2D eigenvalue weighted by molar-refractivity contribution is -0.137. The van der Waals surface area contributed by atoms with Gasteiger partial charge in [-0.1, -0.05) is 29.8 Å². The van der Waals surface area contributed by atoms with Crippen LogP contribution in [0.3, 0.4) is 0 Å². The molecule has 0 atom stereocenters. The minimum Gasteiger partial charge on any atom is -0.444 e. The fourth-order valence-electron chi connectivity index (χ4n) is 3.63. The topological polar surface area (TPSA) is 78.0 Å². The number of rotatable bonds is 4. The Morgan fingerprint density at radius 2 is 1.97 bits per heavy atom. The third-order valence-corrected chi connectivity index (χ3v) is 5.71. The zero-order chi connectivity index (χ0) is 24.1. The lowest BCUT2D eigenvalue weighted by Gasteiger charge is -2.31. The van der Waals surface area contributed by atoms with E-state index in [2.05, 4.69) is 25.8 Å². The summed E-state index contributed by atoms with van der Waals surface area (Å²) in [7, 11) is 0. The predicted octanol–water partition coefficient (Wildman–Crippen LogP) is 4.31. The maximum absolute atomic E-state index is 13.0. The standard InChI is InChI=1S/C23H23ClF3N5O2/c24-20-5-4-18(11-19(20)23(25,26)27)31-22(33)34-14-15-2-1-3-16(10-15)17-12-29-21(30-13-17)32-8-6-28-7-9-32/h1-5,10-12,28H,6-9,13-14H2,(H,29,30)(H,31,33). The van der Waals surface area contributed by atoms with Gasteiger partial charge in [-0.25, -0.2) is 9.79 Å². The molecular formula is C23H23ClF3N5O2. The number of amides is 1. The van der Waals surface area contributed by atoms with E-state index in [9.17, 15) is 18.0 Å². The molecule has 4 rings (SSSR count). The minimum atomic E-state index is -4.63. The van der Waals surface area contributed by atoms with Crippen molar-refractivity contribution in [3.8, 4) is 0 Å². The molecule has 1 amide bonds. The first kappa shape index (κ1) is 23.9. The highest BCUT2D eigenvalue weighted by atomic mass is 35.5. The Bertz CT molecular complexity index is 1110. The maximum atomic E-state index is 13.0. The fraction of sp³-hybridized carbons (Fsp3) is 0.304. The highest BCUT2D eigenvalue weighted by molar-refractivity contribution is 6.31. The van der Waals surface area contributed by atoms with Gasteiger partial charge in [-0.15, -0.1) is 0 Å². The summed E-state index contributed by atoms with van der Waals surface area (Å²) in [4.78, 5) is 19.0. The van der Waals surface area contributed by atoms with Gasteiger partial charge < -0.3 is 20.3 Å². The smallest absolute Gasteiger partial charge is 0.417 e. The molecule has 0 unspecified atom stereocenters. The minimum absolute atomic E-state index is 0.0462.